The van der Waals surface area contributed by atoms with Crippen molar-refractivity contribution in [3.8, 4) is 0 Å². The predicted octanol–water partition coefficient (Wildman–Crippen LogP) is 1.38. The molecular weight excluding hydrogens is 278 g/mol. The molecule has 3 N–H and O–H groups in total. The molecule has 0 bridgehead atoms. The normalized spacial score (nSPS) is 20.7. The Kier molecular flexibility index (Phi) is 5.55. The van der Waals surface area contributed by atoms with Crippen LogP contribution in [-0.4, -0.2) is 37.4 Å². The fourth-order valence-corrected chi connectivity index (χ4v) is 3.06. The molecule has 2 rings (SSSR count). The summed E-state index contributed by atoms with van der Waals surface area (Å²) in [5.74, 6) is 0.391. The van der Waals surface area contributed by atoms with Gasteiger partial charge >= 0.3 is 0 Å². The molecule has 1 aromatic rings. The second-order valence-corrected chi connectivity index (χ2v) is 6.15. The van der Waals surface area contributed by atoms with Gasteiger partial charge in [-0.2, -0.15) is 0 Å². The Bertz CT molecular complexity index is 542. The van der Waals surface area contributed by atoms with Crippen molar-refractivity contribution in [3.63, 3.8) is 0 Å². The lowest BCUT2D eigenvalue weighted by atomic mass is 9.95. The predicted molar refractivity (Wildman–Crippen MR) is 86.2 cm³/mol. The summed E-state index contributed by atoms with van der Waals surface area (Å²) in [5.41, 5.74) is 7.30. The molecule has 22 heavy (non-hydrogen) atoms. The second kappa shape index (κ2) is 7.40. The van der Waals surface area contributed by atoms with E-state index in [0.717, 1.165) is 24.8 Å². The number of nitrogens with zero attached hydrogens (tertiary/aromatic N) is 1. The van der Waals surface area contributed by atoms with Gasteiger partial charge in [0, 0.05) is 32.1 Å². The highest BCUT2D eigenvalue weighted by molar-refractivity contribution is 5.94. The van der Waals surface area contributed by atoms with Crippen LogP contribution in [0.5, 0.6) is 0 Å². The molecular formula is C17H25N3O2. The van der Waals surface area contributed by atoms with Gasteiger partial charge in [0.05, 0.1) is 0 Å². The molecule has 1 aromatic carbocycles. The molecule has 120 valence electrons. The lowest BCUT2D eigenvalue weighted by Gasteiger charge is -2.17. The molecule has 0 unspecified atom stereocenters. The van der Waals surface area contributed by atoms with Crippen LogP contribution < -0.4 is 11.1 Å². The maximum absolute atomic E-state index is 12.3. The van der Waals surface area contributed by atoms with E-state index in [9.17, 15) is 9.59 Å². The van der Waals surface area contributed by atoms with E-state index < -0.39 is 0 Å². The van der Waals surface area contributed by atoms with Crippen molar-refractivity contribution < 1.29 is 9.59 Å². The summed E-state index contributed by atoms with van der Waals surface area (Å²) < 4.78 is 0. The van der Waals surface area contributed by atoms with Gasteiger partial charge < -0.3 is 16.0 Å². The minimum absolute atomic E-state index is 0.0350. The third-order valence-corrected chi connectivity index (χ3v) is 4.35. The van der Waals surface area contributed by atoms with Crippen LogP contribution in [0.3, 0.4) is 0 Å². The van der Waals surface area contributed by atoms with Crippen LogP contribution in [0, 0.1) is 11.8 Å². The number of nitrogens with one attached hydrogen (secondary N) is 1. The topological polar surface area (TPSA) is 75.4 Å². The monoisotopic (exact) mass is 303 g/mol. The maximum Gasteiger partial charge on any atom is 0.253 e. The minimum atomic E-state index is -0.0350. The van der Waals surface area contributed by atoms with Crippen molar-refractivity contribution in [2.45, 2.75) is 25.8 Å². The van der Waals surface area contributed by atoms with Crippen LogP contribution >= 0.6 is 0 Å². The number of hydrogen-bond acceptors (Lipinski definition) is 3. The van der Waals surface area contributed by atoms with Crippen molar-refractivity contribution >= 4 is 11.8 Å². The van der Waals surface area contributed by atoms with E-state index in [1.807, 2.05) is 18.2 Å². The molecule has 1 aliphatic carbocycles. The number of hydrogen-bond donors (Lipinski definition) is 2. The third kappa shape index (κ3) is 3.85. The first-order chi connectivity index (χ1) is 10.5. The fourth-order valence-electron chi connectivity index (χ4n) is 3.06. The number of carbonyl (C=O) groups is 2. The zero-order valence-electron chi connectivity index (χ0n) is 13.3. The summed E-state index contributed by atoms with van der Waals surface area (Å²) >= 11 is 0. The lowest BCUT2D eigenvalue weighted by molar-refractivity contribution is -0.126. The Hall–Kier alpha value is -1.88. The molecule has 0 aromatic heterocycles. The highest BCUT2D eigenvalue weighted by Gasteiger charge is 2.31. The van der Waals surface area contributed by atoms with E-state index in [0.29, 0.717) is 24.6 Å². The average molecular weight is 303 g/mol. The van der Waals surface area contributed by atoms with Crippen molar-refractivity contribution in [2.75, 3.05) is 20.6 Å². The summed E-state index contributed by atoms with van der Waals surface area (Å²) in [4.78, 5) is 25.8. The first-order valence-corrected chi connectivity index (χ1v) is 7.81. The van der Waals surface area contributed by atoms with Crippen LogP contribution in [0.1, 0.15) is 35.2 Å². The molecule has 0 aliphatic heterocycles. The van der Waals surface area contributed by atoms with Gasteiger partial charge in [0.15, 0.2) is 0 Å². The minimum Gasteiger partial charge on any atom is -0.352 e. The van der Waals surface area contributed by atoms with Gasteiger partial charge in [-0.15, -0.1) is 0 Å². The second-order valence-electron chi connectivity index (χ2n) is 6.15. The molecule has 2 amide bonds. The van der Waals surface area contributed by atoms with Crippen molar-refractivity contribution in [2.24, 2.45) is 17.6 Å². The van der Waals surface area contributed by atoms with Gasteiger partial charge in [-0.05, 0) is 43.0 Å². The van der Waals surface area contributed by atoms with Crippen molar-refractivity contribution in [3.05, 3.63) is 35.4 Å². The highest BCUT2D eigenvalue weighted by atomic mass is 16.2. The number of amides is 2. The summed E-state index contributed by atoms with van der Waals surface area (Å²) in [5, 5.41) is 2.98. The Balaban J connectivity index is 1.95. The quantitative estimate of drug-likeness (QED) is 0.863. The average Bonchev–Trinajstić information content (AvgIpc) is 3.00. The van der Waals surface area contributed by atoms with Crippen LogP contribution in [-0.2, 0) is 11.3 Å². The maximum atomic E-state index is 12.3. The Morgan fingerprint density at radius 2 is 2.09 bits per heavy atom. The van der Waals surface area contributed by atoms with E-state index in [-0.39, 0.29) is 17.7 Å². The molecule has 1 saturated carbocycles. The van der Waals surface area contributed by atoms with Gasteiger partial charge in [-0.1, -0.05) is 18.6 Å². The Morgan fingerprint density at radius 3 is 2.77 bits per heavy atom. The van der Waals surface area contributed by atoms with Crippen molar-refractivity contribution in [1.29, 1.82) is 0 Å². The smallest absolute Gasteiger partial charge is 0.253 e. The zero-order chi connectivity index (χ0) is 16.1. The van der Waals surface area contributed by atoms with Crippen LogP contribution in [0.4, 0.5) is 0 Å². The van der Waals surface area contributed by atoms with E-state index in [2.05, 4.69) is 5.32 Å². The third-order valence-electron chi connectivity index (χ3n) is 4.35. The molecule has 0 spiro atoms. The Morgan fingerprint density at radius 1 is 1.32 bits per heavy atom. The van der Waals surface area contributed by atoms with Gasteiger partial charge in [0.25, 0.3) is 5.91 Å². The number of benzene rings is 1. The molecule has 5 nitrogen and oxygen atoms in total. The zero-order valence-corrected chi connectivity index (χ0v) is 13.3. The SMILES string of the molecule is CN(C)C(=O)c1cccc(CNC(=O)[C@@H]2CCC[C@@H]2CN)c1. The largest absolute Gasteiger partial charge is 0.352 e. The van der Waals surface area contributed by atoms with Gasteiger partial charge in [-0.25, -0.2) is 0 Å². The van der Waals surface area contributed by atoms with Gasteiger partial charge in [0.2, 0.25) is 5.91 Å². The number of nitrogens with two attached hydrogens (primary N) is 1. The molecule has 0 saturated heterocycles. The van der Waals surface area contributed by atoms with Gasteiger partial charge in [0.1, 0.15) is 0 Å². The van der Waals surface area contributed by atoms with Gasteiger partial charge in [-0.3, -0.25) is 9.59 Å². The van der Waals surface area contributed by atoms with Crippen molar-refractivity contribution in [1.82, 2.24) is 10.2 Å². The van der Waals surface area contributed by atoms with E-state index in [1.165, 1.54) is 0 Å². The summed E-state index contributed by atoms with van der Waals surface area (Å²) in [6, 6.07) is 7.38. The molecule has 1 fully saturated rings. The van der Waals surface area contributed by atoms with E-state index in [1.54, 1.807) is 25.1 Å². The molecule has 1 aliphatic rings. The molecule has 5 heteroatoms. The van der Waals surface area contributed by atoms with Crippen LogP contribution in [0.15, 0.2) is 24.3 Å². The number of rotatable bonds is 5. The highest BCUT2D eigenvalue weighted by Crippen LogP contribution is 2.30. The van der Waals surface area contributed by atoms with E-state index >= 15 is 0 Å². The summed E-state index contributed by atoms with van der Waals surface area (Å²) in [7, 11) is 3.45. The lowest BCUT2D eigenvalue weighted by Crippen LogP contribution is -2.34. The van der Waals surface area contributed by atoms with E-state index in [4.69, 9.17) is 5.73 Å². The Labute approximate surface area is 131 Å². The summed E-state index contributed by atoms with van der Waals surface area (Å²) in [6.45, 7) is 1.02. The standard InChI is InChI=1S/C17H25N3O2/c1-20(2)17(22)13-6-3-5-12(9-13)11-19-16(21)15-8-4-7-14(15)10-18/h3,5-6,9,14-15H,4,7-8,10-11,18H2,1-2H3,(H,19,21)/t14-,15-/m1/s1. The molecule has 2 atom stereocenters. The molecule has 0 heterocycles. The first-order valence-electron chi connectivity index (χ1n) is 7.81. The first kappa shape index (κ1) is 16.5. The van der Waals surface area contributed by atoms with Crippen LogP contribution in [0.2, 0.25) is 0 Å². The summed E-state index contributed by atoms with van der Waals surface area (Å²) in [6.07, 6.45) is 3.04. The fraction of sp³-hybridized carbons (Fsp3) is 0.529. The molecule has 0 radical (unpaired) electrons. The number of carbonyl (C=O) groups excluding carboxylic acids is 2. The van der Waals surface area contributed by atoms with Crippen LogP contribution in [0.25, 0.3) is 0 Å².